The first-order chi connectivity index (χ1) is 8.74. The largest absolute Gasteiger partial charge is 0.329 e. The summed E-state index contributed by atoms with van der Waals surface area (Å²) in [6.07, 6.45) is 6.84. The zero-order valence-electron chi connectivity index (χ0n) is 11.9. The van der Waals surface area contributed by atoms with E-state index in [4.69, 9.17) is 5.73 Å². The number of hydrogen-bond acceptors (Lipinski definition) is 3. The third-order valence-electron chi connectivity index (χ3n) is 5.89. The van der Waals surface area contributed by atoms with Gasteiger partial charge in [-0.1, -0.05) is 6.92 Å². The average Bonchev–Trinajstić information content (AvgIpc) is 2.66. The van der Waals surface area contributed by atoms with Gasteiger partial charge in [0.25, 0.3) is 0 Å². The van der Waals surface area contributed by atoms with Crippen molar-refractivity contribution in [1.29, 1.82) is 0 Å². The first-order valence-corrected chi connectivity index (χ1v) is 7.92. The van der Waals surface area contributed by atoms with E-state index in [0.717, 1.165) is 18.4 Å². The molecule has 3 fully saturated rings. The van der Waals surface area contributed by atoms with Crippen LogP contribution in [0.4, 0.5) is 0 Å². The maximum Gasteiger partial charge on any atom is 0.0384 e. The van der Waals surface area contributed by atoms with Gasteiger partial charge >= 0.3 is 0 Å². The normalized spacial score (nSPS) is 46.0. The molecule has 0 spiro atoms. The maximum absolute atomic E-state index is 6.28. The lowest BCUT2D eigenvalue weighted by molar-refractivity contribution is 0.00944. The molecule has 4 atom stereocenters. The number of rotatable bonds is 2. The molecule has 0 amide bonds. The number of fused-ring (bicyclic) bond motifs is 2. The molecule has 0 aromatic heterocycles. The topological polar surface area (TPSA) is 32.5 Å². The van der Waals surface area contributed by atoms with E-state index < -0.39 is 0 Å². The zero-order valence-corrected chi connectivity index (χ0v) is 11.9. The van der Waals surface area contributed by atoms with Crippen LogP contribution in [0.2, 0.25) is 0 Å². The van der Waals surface area contributed by atoms with Crippen LogP contribution in [0.5, 0.6) is 0 Å². The van der Waals surface area contributed by atoms with E-state index in [1.807, 2.05) is 0 Å². The van der Waals surface area contributed by atoms with Crippen LogP contribution in [0.1, 0.15) is 39.0 Å². The number of hydrogen-bond donors (Lipinski definition) is 1. The lowest BCUT2D eigenvalue weighted by Gasteiger charge is -2.50. The summed E-state index contributed by atoms with van der Waals surface area (Å²) in [6.45, 7) is 9.77. The van der Waals surface area contributed by atoms with Crippen LogP contribution in [-0.2, 0) is 0 Å². The van der Waals surface area contributed by atoms with Crippen LogP contribution in [-0.4, -0.2) is 54.6 Å². The minimum Gasteiger partial charge on any atom is -0.329 e. The van der Waals surface area contributed by atoms with Crippen LogP contribution in [0.15, 0.2) is 0 Å². The molecule has 4 unspecified atom stereocenters. The smallest absolute Gasteiger partial charge is 0.0384 e. The Kier molecular flexibility index (Phi) is 3.65. The molecule has 0 aromatic rings. The molecule has 3 saturated heterocycles. The fraction of sp³-hybridized carbons (Fsp3) is 1.00. The fourth-order valence-electron chi connectivity index (χ4n) is 4.55. The lowest BCUT2D eigenvalue weighted by atomic mass is 9.77. The highest BCUT2D eigenvalue weighted by atomic mass is 15.3. The summed E-state index contributed by atoms with van der Waals surface area (Å²) in [4.78, 5) is 5.43. The SMILES string of the molecule is CC1CCCN(C2(CN)CCN3CCC2C3)CC1. The third-order valence-corrected chi connectivity index (χ3v) is 5.89. The summed E-state index contributed by atoms with van der Waals surface area (Å²) in [7, 11) is 0. The zero-order chi connectivity index (χ0) is 12.6. The summed E-state index contributed by atoms with van der Waals surface area (Å²) < 4.78 is 0. The van der Waals surface area contributed by atoms with Crippen molar-refractivity contribution in [2.24, 2.45) is 17.6 Å². The maximum atomic E-state index is 6.28. The molecule has 2 N–H and O–H groups in total. The quantitative estimate of drug-likeness (QED) is 0.808. The van der Waals surface area contributed by atoms with Gasteiger partial charge in [0.2, 0.25) is 0 Å². The van der Waals surface area contributed by atoms with Crippen molar-refractivity contribution < 1.29 is 0 Å². The minimum atomic E-state index is 0.344. The molecule has 18 heavy (non-hydrogen) atoms. The van der Waals surface area contributed by atoms with Gasteiger partial charge in [0, 0.05) is 18.6 Å². The predicted molar refractivity (Wildman–Crippen MR) is 75.5 cm³/mol. The molecule has 3 aliphatic heterocycles. The molecule has 104 valence electrons. The predicted octanol–water partition coefficient (Wildman–Crippen LogP) is 1.53. The van der Waals surface area contributed by atoms with E-state index in [2.05, 4.69) is 16.7 Å². The minimum absolute atomic E-state index is 0.344. The van der Waals surface area contributed by atoms with Crippen LogP contribution >= 0.6 is 0 Å². The van der Waals surface area contributed by atoms with Gasteiger partial charge in [-0.05, 0) is 70.1 Å². The van der Waals surface area contributed by atoms with Crippen molar-refractivity contribution in [3.63, 3.8) is 0 Å². The third kappa shape index (κ3) is 2.10. The Hall–Kier alpha value is -0.120. The highest BCUT2D eigenvalue weighted by molar-refractivity contribution is 5.05. The standard InChI is InChI=1S/C15H29N3/c1-13-3-2-7-18(9-4-13)15(12-16)6-10-17-8-5-14(15)11-17/h13-14H,2-12,16H2,1H3. The Morgan fingerprint density at radius 1 is 1.11 bits per heavy atom. The van der Waals surface area contributed by atoms with Gasteiger partial charge in [-0.25, -0.2) is 0 Å². The molecular weight excluding hydrogens is 222 g/mol. The Morgan fingerprint density at radius 3 is 2.83 bits per heavy atom. The second kappa shape index (κ2) is 5.10. The highest BCUT2D eigenvalue weighted by Crippen LogP contribution is 2.40. The van der Waals surface area contributed by atoms with E-state index in [9.17, 15) is 0 Å². The Balaban J connectivity index is 1.77. The molecule has 3 heterocycles. The Morgan fingerprint density at radius 2 is 2.00 bits per heavy atom. The van der Waals surface area contributed by atoms with E-state index in [-0.39, 0.29) is 0 Å². The molecule has 3 aliphatic rings. The van der Waals surface area contributed by atoms with E-state index in [0.29, 0.717) is 5.54 Å². The van der Waals surface area contributed by atoms with Gasteiger partial charge in [0.05, 0.1) is 0 Å². The molecule has 0 aliphatic carbocycles. The molecule has 3 rings (SSSR count). The first kappa shape index (κ1) is 12.9. The second-order valence-corrected chi connectivity index (χ2v) is 6.87. The Bertz CT molecular complexity index is 293. The van der Waals surface area contributed by atoms with E-state index >= 15 is 0 Å². The van der Waals surface area contributed by atoms with Gasteiger partial charge in [-0.3, -0.25) is 4.90 Å². The van der Waals surface area contributed by atoms with Crippen molar-refractivity contribution >= 4 is 0 Å². The van der Waals surface area contributed by atoms with Crippen molar-refractivity contribution in [2.75, 3.05) is 39.3 Å². The van der Waals surface area contributed by atoms with Gasteiger partial charge in [0.1, 0.15) is 0 Å². The molecular formula is C15H29N3. The van der Waals surface area contributed by atoms with Gasteiger partial charge in [0.15, 0.2) is 0 Å². The summed E-state index contributed by atoms with van der Waals surface area (Å²) >= 11 is 0. The van der Waals surface area contributed by atoms with Gasteiger partial charge < -0.3 is 10.6 Å². The average molecular weight is 251 g/mol. The molecule has 2 bridgehead atoms. The Labute approximate surface area is 112 Å². The second-order valence-electron chi connectivity index (χ2n) is 6.87. The summed E-state index contributed by atoms with van der Waals surface area (Å²) in [5.41, 5.74) is 6.62. The monoisotopic (exact) mass is 251 g/mol. The van der Waals surface area contributed by atoms with Gasteiger partial charge in [-0.15, -0.1) is 0 Å². The first-order valence-electron chi connectivity index (χ1n) is 7.92. The summed E-state index contributed by atoms with van der Waals surface area (Å²) in [6, 6.07) is 0. The number of piperidine rings is 1. The lowest BCUT2D eigenvalue weighted by Crippen LogP contribution is -2.62. The summed E-state index contributed by atoms with van der Waals surface area (Å²) in [5, 5.41) is 0. The highest BCUT2D eigenvalue weighted by Gasteiger charge is 2.48. The summed E-state index contributed by atoms with van der Waals surface area (Å²) in [5.74, 6) is 1.75. The fourth-order valence-corrected chi connectivity index (χ4v) is 4.55. The molecule has 3 heteroatoms. The van der Waals surface area contributed by atoms with Gasteiger partial charge in [-0.2, -0.15) is 0 Å². The van der Waals surface area contributed by atoms with Crippen LogP contribution in [0.3, 0.4) is 0 Å². The molecule has 3 nitrogen and oxygen atoms in total. The molecule has 0 saturated carbocycles. The number of nitrogens with two attached hydrogens (primary N) is 1. The molecule has 0 radical (unpaired) electrons. The van der Waals surface area contributed by atoms with Crippen molar-refractivity contribution in [3.05, 3.63) is 0 Å². The van der Waals surface area contributed by atoms with Crippen LogP contribution in [0.25, 0.3) is 0 Å². The number of likely N-dealkylation sites (tertiary alicyclic amines) is 1. The van der Waals surface area contributed by atoms with Crippen LogP contribution in [0, 0.1) is 11.8 Å². The van der Waals surface area contributed by atoms with Crippen molar-refractivity contribution in [3.8, 4) is 0 Å². The van der Waals surface area contributed by atoms with E-state index in [1.165, 1.54) is 64.8 Å². The van der Waals surface area contributed by atoms with Crippen molar-refractivity contribution in [2.45, 2.75) is 44.6 Å². The molecule has 0 aromatic carbocycles. The number of nitrogens with zero attached hydrogens (tertiary/aromatic N) is 2. The van der Waals surface area contributed by atoms with E-state index in [1.54, 1.807) is 0 Å². The van der Waals surface area contributed by atoms with Crippen LogP contribution < -0.4 is 5.73 Å². The van der Waals surface area contributed by atoms with Crippen molar-refractivity contribution in [1.82, 2.24) is 9.80 Å².